The second-order valence-corrected chi connectivity index (χ2v) is 12.9. The van der Waals surface area contributed by atoms with Crippen molar-refractivity contribution in [2.24, 2.45) is 5.41 Å². The molecule has 0 fully saturated rings. The zero-order valence-corrected chi connectivity index (χ0v) is 24.1. The lowest BCUT2D eigenvalue weighted by molar-refractivity contribution is 0.411. The van der Waals surface area contributed by atoms with Crippen molar-refractivity contribution < 1.29 is 0 Å². The Bertz CT molecular complexity index is 1420. The Hall–Kier alpha value is -3.07. The molecule has 2 heterocycles. The average Bonchev–Trinajstić information content (AvgIpc) is 3.34. The lowest BCUT2D eigenvalue weighted by atomic mass is 9.37. The van der Waals surface area contributed by atoms with Gasteiger partial charge < -0.3 is 4.57 Å². The van der Waals surface area contributed by atoms with Crippen molar-refractivity contribution in [3.05, 3.63) is 88.6 Å². The van der Waals surface area contributed by atoms with E-state index in [0.717, 1.165) is 12.2 Å². The quantitative estimate of drug-likeness (QED) is 0.248. The highest BCUT2D eigenvalue weighted by molar-refractivity contribution is 6.97. The molecule has 3 aromatic carbocycles. The summed E-state index contributed by atoms with van der Waals surface area (Å²) in [7, 11) is 0. The normalized spacial score (nSPS) is 13.0. The SMILES string of the molecule is Cc1cc(C)cc(-c2ncc3n2-c2ccc(CC(C)(C)C)cc2B3c2c(C(C)C)cccc2C(C)C)c1. The van der Waals surface area contributed by atoms with Crippen LogP contribution in [0.2, 0.25) is 0 Å². The van der Waals surface area contributed by atoms with E-state index < -0.39 is 0 Å². The first-order chi connectivity index (χ1) is 17.4. The molecule has 0 spiro atoms. The highest BCUT2D eigenvalue weighted by Crippen LogP contribution is 2.29. The molecule has 0 aliphatic carbocycles. The predicted molar refractivity (Wildman–Crippen MR) is 161 cm³/mol. The van der Waals surface area contributed by atoms with Crippen LogP contribution in [0.1, 0.15) is 88.1 Å². The smallest absolute Gasteiger partial charge is 0.268 e. The van der Waals surface area contributed by atoms with E-state index in [9.17, 15) is 0 Å². The third-order valence-corrected chi connectivity index (χ3v) is 7.65. The molecule has 0 radical (unpaired) electrons. The highest BCUT2D eigenvalue weighted by Gasteiger charge is 2.39. The van der Waals surface area contributed by atoms with Gasteiger partial charge in [0.2, 0.25) is 0 Å². The first-order valence-electron chi connectivity index (χ1n) is 13.9. The molecule has 3 heteroatoms. The summed E-state index contributed by atoms with van der Waals surface area (Å²) in [6.45, 7) is 20.8. The van der Waals surface area contributed by atoms with E-state index in [1.165, 1.54) is 55.6 Å². The van der Waals surface area contributed by atoms with Crippen molar-refractivity contribution in [1.29, 1.82) is 0 Å². The van der Waals surface area contributed by atoms with Crippen LogP contribution in [-0.2, 0) is 6.42 Å². The van der Waals surface area contributed by atoms with E-state index in [1.54, 1.807) is 0 Å². The van der Waals surface area contributed by atoms with Crippen LogP contribution in [0, 0.1) is 19.3 Å². The predicted octanol–water partition coefficient (Wildman–Crippen LogP) is 6.82. The molecule has 37 heavy (non-hydrogen) atoms. The maximum Gasteiger partial charge on any atom is 0.268 e. The van der Waals surface area contributed by atoms with Gasteiger partial charge >= 0.3 is 0 Å². The molecule has 190 valence electrons. The monoisotopic (exact) mass is 488 g/mol. The van der Waals surface area contributed by atoms with Crippen molar-refractivity contribution in [2.75, 3.05) is 0 Å². The van der Waals surface area contributed by atoms with Crippen LogP contribution in [-0.4, -0.2) is 16.3 Å². The Morgan fingerprint density at radius 2 is 1.46 bits per heavy atom. The summed E-state index contributed by atoms with van der Waals surface area (Å²) in [4.78, 5) is 5.06. The number of nitrogens with zero attached hydrogens (tertiary/aromatic N) is 2. The second kappa shape index (κ2) is 9.35. The summed E-state index contributed by atoms with van der Waals surface area (Å²) >= 11 is 0. The lowest BCUT2D eigenvalue weighted by Gasteiger charge is -2.24. The molecule has 5 rings (SSSR count). The Balaban J connectivity index is 1.81. The topological polar surface area (TPSA) is 17.8 Å². The zero-order chi connectivity index (χ0) is 26.6. The summed E-state index contributed by atoms with van der Waals surface area (Å²) < 4.78 is 2.44. The Labute approximate surface area is 224 Å². The van der Waals surface area contributed by atoms with Crippen LogP contribution in [0.5, 0.6) is 0 Å². The minimum Gasteiger partial charge on any atom is -0.305 e. The zero-order valence-electron chi connectivity index (χ0n) is 24.1. The molecule has 0 atom stereocenters. The fourth-order valence-corrected chi connectivity index (χ4v) is 6.30. The van der Waals surface area contributed by atoms with Crippen molar-refractivity contribution in [2.45, 2.75) is 80.6 Å². The van der Waals surface area contributed by atoms with E-state index in [1.807, 2.05) is 0 Å². The van der Waals surface area contributed by atoms with E-state index in [2.05, 4.69) is 128 Å². The molecule has 1 aliphatic heterocycles. The van der Waals surface area contributed by atoms with Gasteiger partial charge in [0.15, 0.2) is 0 Å². The first-order valence-corrected chi connectivity index (χ1v) is 13.9. The highest BCUT2D eigenvalue weighted by atomic mass is 15.1. The van der Waals surface area contributed by atoms with Gasteiger partial charge in [-0.3, -0.25) is 0 Å². The third-order valence-electron chi connectivity index (χ3n) is 7.65. The van der Waals surface area contributed by atoms with Gasteiger partial charge in [-0.25, -0.2) is 4.98 Å². The molecule has 2 nitrogen and oxygen atoms in total. The van der Waals surface area contributed by atoms with Crippen LogP contribution in [0.25, 0.3) is 17.1 Å². The van der Waals surface area contributed by atoms with Crippen molar-refractivity contribution in [3.63, 3.8) is 0 Å². The molecule has 0 saturated carbocycles. The standard InChI is InChI=1S/C34H41BN2/c1-21(2)27-11-10-12-28(22(3)4)32(27)35-29-18-25(19-34(7,8)9)13-14-30(29)37-31(35)20-36-33(37)26-16-23(5)15-24(6)17-26/h10-18,20-22H,19H2,1-9H3. The molecular weight excluding hydrogens is 447 g/mol. The van der Waals surface area contributed by atoms with Gasteiger partial charge in [0.05, 0.1) is 0 Å². The van der Waals surface area contributed by atoms with E-state index in [-0.39, 0.29) is 12.1 Å². The first kappa shape index (κ1) is 25.6. The van der Waals surface area contributed by atoms with Crippen LogP contribution < -0.4 is 16.5 Å². The van der Waals surface area contributed by atoms with Gasteiger partial charge in [-0.05, 0) is 77.9 Å². The number of aromatic nitrogens is 2. The van der Waals surface area contributed by atoms with Gasteiger partial charge in [-0.1, -0.05) is 101 Å². The fraction of sp³-hybridized carbons (Fsp3) is 0.382. The number of fused-ring (bicyclic) bond motifs is 3. The average molecular weight is 489 g/mol. The molecule has 1 aromatic heterocycles. The van der Waals surface area contributed by atoms with Crippen LogP contribution >= 0.6 is 0 Å². The molecule has 0 bridgehead atoms. The summed E-state index contributed by atoms with van der Waals surface area (Å²) in [6, 6.07) is 20.9. The Kier molecular flexibility index (Phi) is 6.46. The van der Waals surface area contributed by atoms with Gasteiger partial charge in [0, 0.05) is 23.0 Å². The maximum absolute atomic E-state index is 5.06. The minimum absolute atomic E-state index is 0.179. The van der Waals surface area contributed by atoms with Crippen LogP contribution in [0.3, 0.4) is 0 Å². The van der Waals surface area contributed by atoms with Crippen molar-refractivity contribution in [1.82, 2.24) is 9.55 Å². The van der Waals surface area contributed by atoms with E-state index >= 15 is 0 Å². The maximum atomic E-state index is 5.06. The molecule has 1 aliphatic rings. The van der Waals surface area contributed by atoms with Crippen molar-refractivity contribution in [3.8, 4) is 17.1 Å². The number of hydrogen-bond donors (Lipinski definition) is 0. The van der Waals surface area contributed by atoms with Gasteiger partial charge in [0.1, 0.15) is 5.82 Å². The summed E-state index contributed by atoms with van der Waals surface area (Å²) in [5, 5.41) is 0. The van der Waals surface area contributed by atoms with E-state index in [4.69, 9.17) is 4.98 Å². The molecule has 0 N–H and O–H groups in total. The molecule has 4 aromatic rings. The van der Waals surface area contributed by atoms with Crippen molar-refractivity contribution >= 4 is 23.2 Å². The Morgan fingerprint density at radius 1 is 0.838 bits per heavy atom. The molecular formula is C34H41BN2. The molecule has 0 saturated heterocycles. The number of rotatable bonds is 5. The molecule has 0 unspecified atom stereocenters. The molecule has 0 amide bonds. The number of hydrogen-bond acceptors (Lipinski definition) is 1. The lowest BCUT2D eigenvalue weighted by Crippen LogP contribution is -2.52. The van der Waals surface area contributed by atoms with Crippen LogP contribution in [0.4, 0.5) is 0 Å². The summed E-state index contributed by atoms with van der Waals surface area (Å²) in [6.07, 6.45) is 3.20. The fourth-order valence-electron chi connectivity index (χ4n) is 6.30. The van der Waals surface area contributed by atoms with Gasteiger partial charge in [-0.15, -0.1) is 0 Å². The summed E-state index contributed by atoms with van der Waals surface area (Å²) in [5.41, 5.74) is 13.7. The van der Waals surface area contributed by atoms with Crippen LogP contribution in [0.15, 0.2) is 60.8 Å². The third kappa shape index (κ3) is 4.69. The number of imidazole rings is 1. The summed E-state index contributed by atoms with van der Waals surface area (Å²) in [5.74, 6) is 1.94. The van der Waals surface area contributed by atoms with Gasteiger partial charge in [-0.2, -0.15) is 0 Å². The largest absolute Gasteiger partial charge is 0.305 e. The minimum atomic E-state index is 0.179. The van der Waals surface area contributed by atoms with Gasteiger partial charge in [0.25, 0.3) is 6.71 Å². The number of aryl methyl sites for hydroxylation is 2. The second-order valence-electron chi connectivity index (χ2n) is 12.9. The van der Waals surface area contributed by atoms with E-state index in [0.29, 0.717) is 11.8 Å². The number of benzene rings is 3. The Morgan fingerprint density at radius 3 is 2.03 bits per heavy atom.